The van der Waals surface area contributed by atoms with Crippen LogP contribution in [0.3, 0.4) is 0 Å². The zero-order valence-corrected chi connectivity index (χ0v) is 8.23. The highest BCUT2D eigenvalue weighted by Gasteiger charge is 1.96. The molecule has 0 rings (SSSR count). The van der Waals surface area contributed by atoms with Gasteiger partial charge in [-0.05, 0) is 19.3 Å². The molecule has 0 aliphatic rings. The number of rotatable bonds is 9. The molecular weight excluding hydrogens is 167 g/mol. The minimum Gasteiger partial charge on any atom is -0.261 e. The number of unbranched alkanes of at least 4 members (excludes halogenated alkanes) is 6. The maximum atomic E-state index is 11.7. The highest BCUT2D eigenvalue weighted by molar-refractivity contribution is 5.67. The van der Waals surface area contributed by atoms with Gasteiger partial charge in [-0.15, -0.1) is 6.58 Å². The van der Waals surface area contributed by atoms with E-state index < -0.39 is 6.04 Å². The first-order chi connectivity index (χ1) is 6.27. The molecule has 0 N–H and O–H groups in total. The third-order valence-electron chi connectivity index (χ3n) is 2.03. The Kier molecular flexibility index (Phi) is 8.95. The van der Waals surface area contributed by atoms with Crippen molar-refractivity contribution in [1.82, 2.24) is 0 Å². The fraction of sp³-hybridized carbons (Fsp3) is 0.727. The standard InChI is InChI=1S/C11H19FO/c1-2-3-4-5-6-7-8-9-10-11(12)13/h2H,1,3-10H2. The van der Waals surface area contributed by atoms with E-state index >= 15 is 0 Å². The maximum absolute atomic E-state index is 11.7. The molecule has 0 bridgehead atoms. The lowest BCUT2D eigenvalue weighted by atomic mass is 10.1. The second-order valence-electron chi connectivity index (χ2n) is 3.30. The van der Waals surface area contributed by atoms with Gasteiger partial charge in [-0.1, -0.05) is 31.8 Å². The van der Waals surface area contributed by atoms with Crippen LogP contribution in [0.15, 0.2) is 12.7 Å². The van der Waals surface area contributed by atoms with Gasteiger partial charge in [-0.25, -0.2) is 0 Å². The molecule has 0 spiro atoms. The maximum Gasteiger partial charge on any atom is 0.301 e. The molecule has 76 valence electrons. The molecule has 0 heterocycles. The Hall–Kier alpha value is -0.660. The lowest BCUT2D eigenvalue weighted by Gasteiger charge is -1.98. The summed E-state index contributed by atoms with van der Waals surface area (Å²) in [5.41, 5.74) is 0. The van der Waals surface area contributed by atoms with E-state index in [2.05, 4.69) is 6.58 Å². The lowest BCUT2D eigenvalue weighted by Crippen LogP contribution is -1.87. The Morgan fingerprint density at radius 3 is 2.15 bits per heavy atom. The molecule has 0 unspecified atom stereocenters. The highest BCUT2D eigenvalue weighted by atomic mass is 19.1. The van der Waals surface area contributed by atoms with Crippen LogP contribution in [0.2, 0.25) is 0 Å². The molecule has 0 aliphatic carbocycles. The molecule has 0 amide bonds. The molecule has 2 heteroatoms. The lowest BCUT2D eigenvalue weighted by molar-refractivity contribution is -0.129. The summed E-state index contributed by atoms with van der Waals surface area (Å²) in [7, 11) is 0. The van der Waals surface area contributed by atoms with Crippen LogP contribution in [0, 0.1) is 0 Å². The Labute approximate surface area is 80.0 Å². The van der Waals surface area contributed by atoms with E-state index in [1.807, 2.05) is 6.08 Å². The van der Waals surface area contributed by atoms with Crippen LogP contribution in [0.25, 0.3) is 0 Å². The largest absolute Gasteiger partial charge is 0.301 e. The molecular formula is C11H19FO. The van der Waals surface area contributed by atoms with Gasteiger partial charge in [0, 0.05) is 6.42 Å². The van der Waals surface area contributed by atoms with Gasteiger partial charge in [0.1, 0.15) is 0 Å². The van der Waals surface area contributed by atoms with E-state index in [0.717, 1.165) is 19.3 Å². The first-order valence-corrected chi connectivity index (χ1v) is 5.06. The number of hydrogen-bond acceptors (Lipinski definition) is 1. The van der Waals surface area contributed by atoms with Gasteiger partial charge in [-0.3, -0.25) is 4.79 Å². The number of halogens is 1. The van der Waals surface area contributed by atoms with Crippen LogP contribution in [-0.2, 0) is 4.79 Å². The third-order valence-corrected chi connectivity index (χ3v) is 2.03. The van der Waals surface area contributed by atoms with E-state index in [-0.39, 0.29) is 6.42 Å². The van der Waals surface area contributed by atoms with Gasteiger partial charge >= 0.3 is 6.04 Å². The Balaban J connectivity index is 2.91. The number of hydrogen-bond donors (Lipinski definition) is 0. The van der Waals surface area contributed by atoms with E-state index in [9.17, 15) is 9.18 Å². The summed E-state index contributed by atoms with van der Waals surface area (Å²) >= 11 is 0. The first-order valence-electron chi connectivity index (χ1n) is 5.06. The van der Waals surface area contributed by atoms with Gasteiger partial charge in [0.2, 0.25) is 0 Å². The molecule has 0 aromatic carbocycles. The van der Waals surface area contributed by atoms with Gasteiger partial charge < -0.3 is 0 Å². The van der Waals surface area contributed by atoms with Gasteiger partial charge in [0.25, 0.3) is 0 Å². The monoisotopic (exact) mass is 186 g/mol. The normalized spacial score (nSPS) is 9.92. The highest BCUT2D eigenvalue weighted by Crippen LogP contribution is 2.08. The zero-order valence-electron chi connectivity index (χ0n) is 8.23. The molecule has 0 atom stereocenters. The van der Waals surface area contributed by atoms with Gasteiger partial charge in [0.05, 0.1) is 0 Å². The summed E-state index contributed by atoms with van der Waals surface area (Å²) in [5.74, 6) is 0. The number of allylic oxidation sites excluding steroid dienone is 1. The zero-order chi connectivity index (χ0) is 9.94. The number of carbonyl (C=O) groups excluding carboxylic acids is 1. The molecule has 1 nitrogen and oxygen atoms in total. The van der Waals surface area contributed by atoms with Crippen LogP contribution in [0.5, 0.6) is 0 Å². The summed E-state index contributed by atoms with van der Waals surface area (Å²) < 4.78 is 11.7. The second kappa shape index (κ2) is 9.43. The summed E-state index contributed by atoms with van der Waals surface area (Å²) in [6.07, 6.45) is 9.53. The molecule has 0 aromatic rings. The quantitative estimate of drug-likeness (QED) is 0.304. The summed E-state index contributed by atoms with van der Waals surface area (Å²) in [6, 6.07) is -1.17. The van der Waals surface area contributed by atoms with Crippen molar-refractivity contribution in [1.29, 1.82) is 0 Å². The summed E-state index contributed by atoms with van der Waals surface area (Å²) in [6.45, 7) is 3.65. The molecule has 0 fully saturated rings. The van der Waals surface area contributed by atoms with E-state index in [4.69, 9.17) is 0 Å². The minimum atomic E-state index is -1.17. The SMILES string of the molecule is C=CCCCCCCCCC(=O)F. The predicted octanol–water partition coefficient (Wildman–Crippen LogP) is 3.79. The summed E-state index contributed by atoms with van der Waals surface area (Å²) in [5, 5.41) is 0. The fourth-order valence-corrected chi connectivity index (χ4v) is 1.26. The van der Waals surface area contributed by atoms with Crippen molar-refractivity contribution in [3.05, 3.63) is 12.7 Å². The molecule has 0 aromatic heterocycles. The molecule has 0 radical (unpaired) electrons. The van der Waals surface area contributed by atoms with Crippen molar-refractivity contribution < 1.29 is 9.18 Å². The van der Waals surface area contributed by atoms with Crippen LogP contribution in [0.4, 0.5) is 4.39 Å². The number of carbonyl (C=O) groups is 1. The average molecular weight is 186 g/mol. The van der Waals surface area contributed by atoms with Gasteiger partial charge in [-0.2, -0.15) is 4.39 Å². The van der Waals surface area contributed by atoms with Crippen molar-refractivity contribution in [3.63, 3.8) is 0 Å². The van der Waals surface area contributed by atoms with Crippen LogP contribution >= 0.6 is 0 Å². The Morgan fingerprint density at radius 1 is 1.08 bits per heavy atom. The fourth-order valence-electron chi connectivity index (χ4n) is 1.26. The predicted molar refractivity (Wildman–Crippen MR) is 53.2 cm³/mol. The second-order valence-corrected chi connectivity index (χ2v) is 3.30. The third kappa shape index (κ3) is 11.3. The average Bonchev–Trinajstić information content (AvgIpc) is 2.09. The van der Waals surface area contributed by atoms with Crippen molar-refractivity contribution in [2.24, 2.45) is 0 Å². The van der Waals surface area contributed by atoms with E-state index in [0.29, 0.717) is 6.42 Å². The van der Waals surface area contributed by atoms with Crippen molar-refractivity contribution >= 4 is 6.04 Å². The smallest absolute Gasteiger partial charge is 0.261 e. The van der Waals surface area contributed by atoms with E-state index in [1.54, 1.807) is 0 Å². The minimum absolute atomic E-state index is 0.104. The summed E-state index contributed by atoms with van der Waals surface area (Å²) in [4.78, 5) is 9.94. The van der Waals surface area contributed by atoms with Crippen LogP contribution in [-0.4, -0.2) is 6.04 Å². The molecule has 0 saturated carbocycles. The van der Waals surface area contributed by atoms with Crippen LogP contribution in [0.1, 0.15) is 51.4 Å². The van der Waals surface area contributed by atoms with Crippen LogP contribution < -0.4 is 0 Å². The Morgan fingerprint density at radius 2 is 1.62 bits per heavy atom. The van der Waals surface area contributed by atoms with Crippen molar-refractivity contribution in [2.45, 2.75) is 51.4 Å². The first kappa shape index (κ1) is 12.3. The molecule has 13 heavy (non-hydrogen) atoms. The van der Waals surface area contributed by atoms with Crippen molar-refractivity contribution in [3.8, 4) is 0 Å². The van der Waals surface area contributed by atoms with Gasteiger partial charge in [0.15, 0.2) is 0 Å². The topological polar surface area (TPSA) is 17.1 Å². The Bertz CT molecular complexity index is 143. The van der Waals surface area contributed by atoms with E-state index in [1.165, 1.54) is 19.3 Å². The molecule has 0 aliphatic heterocycles. The molecule has 0 saturated heterocycles. The van der Waals surface area contributed by atoms with Crippen molar-refractivity contribution in [2.75, 3.05) is 0 Å².